The molecule has 0 saturated carbocycles. The van der Waals surface area contributed by atoms with Gasteiger partial charge in [-0.2, -0.15) is 0 Å². The van der Waals surface area contributed by atoms with Crippen LogP contribution in [0, 0.1) is 20.2 Å². The molecule has 4 aromatic rings. The summed E-state index contributed by atoms with van der Waals surface area (Å²) in [6.07, 6.45) is -5.10. The Hall–Kier alpha value is -5.82. The molecule has 0 unspecified atom stereocenters. The zero-order valence-electron chi connectivity index (χ0n) is 22.8. The van der Waals surface area contributed by atoms with Crippen LogP contribution in [0.4, 0.5) is 11.4 Å². The Labute approximate surface area is 249 Å². The van der Waals surface area contributed by atoms with E-state index in [9.17, 15) is 29.8 Å². The lowest BCUT2D eigenvalue weighted by Gasteiger charge is -2.40. The number of non-ortho nitro benzene ring substituents is 2. The summed E-state index contributed by atoms with van der Waals surface area (Å²) in [6, 6.07) is 26.6. The maximum absolute atomic E-state index is 13.3. The van der Waals surface area contributed by atoms with Gasteiger partial charge in [0, 0.05) is 24.3 Å². The molecule has 224 valence electrons. The Balaban J connectivity index is 1.48. The van der Waals surface area contributed by atoms with Gasteiger partial charge < -0.3 is 23.7 Å². The first-order valence-electron chi connectivity index (χ1n) is 13.2. The third-order valence-electron chi connectivity index (χ3n) is 6.52. The first kappa shape index (κ1) is 29.7. The monoisotopic (exact) mass is 600 g/mol. The van der Waals surface area contributed by atoms with E-state index in [1.807, 2.05) is 0 Å². The van der Waals surface area contributed by atoms with Gasteiger partial charge in [0.25, 0.3) is 11.4 Å². The highest BCUT2D eigenvalue weighted by Crippen LogP contribution is 2.30. The maximum atomic E-state index is 13.3. The summed E-state index contributed by atoms with van der Waals surface area (Å²) in [7, 11) is 0. The summed E-state index contributed by atoms with van der Waals surface area (Å²) in [5.41, 5.74) is 0.0953. The molecule has 4 atom stereocenters. The number of carbonyl (C=O) groups excluding carboxylic acids is 2. The summed E-state index contributed by atoms with van der Waals surface area (Å²) in [6.45, 7) is -0.221. The maximum Gasteiger partial charge on any atom is 0.338 e. The molecule has 1 aliphatic rings. The molecule has 0 aromatic heterocycles. The van der Waals surface area contributed by atoms with Gasteiger partial charge in [-0.25, -0.2) is 9.59 Å². The zero-order valence-corrected chi connectivity index (χ0v) is 22.8. The van der Waals surface area contributed by atoms with Gasteiger partial charge in [-0.1, -0.05) is 36.4 Å². The van der Waals surface area contributed by atoms with Crippen LogP contribution in [0.15, 0.2) is 109 Å². The Morgan fingerprint density at radius 2 is 1.05 bits per heavy atom. The van der Waals surface area contributed by atoms with Crippen molar-refractivity contribution in [1.29, 1.82) is 0 Å². The highest BCUT2D eigenvalue weighted by molar-refractivity contribution is 5.90. The first-order valence-corrected chi connectivity index (χ1v) is 13.2. The number of hydrogen-bond acceptors (Lipinski definition) is 11. The van der Waals surface area contributed by atoms with Crippen molar-refractivity contribution < 1.29 is 43.1 Å². The molecule has 0 radical (unpaired) electrons. The molecule has 1 heterocycles. The molecular weight excluding hydrogens is 576 g/mol. The molecule has 0 N–H and O–H groups in total. The van der Waals surface area contributed by atoms with E-state index in [1.165, 1.54) is 60.7 Å². The molecule has 4 aromatic carbocycles. The molecule has 1 fully saturated rings. The van der Waals surface area contributed by atoms with Crippen LogP contribution in [-0.2, 0) is 14.2 Å². The molecule has 0 aliphatic carbocycles. The second-order valence-electron chi connectivity index (χ2n) is 9.45. The lowest BCUT2D eigenvalue weighted by atomic mass is 10.0. The minimum absolute atomic E-state index is 0.157. The van der Waals surface area contributed by atoms with Gasteiger partial charge in [-0.15, -0.1) is 0 Å². The number of benzene rings is 4. The van der Waals surface area contributed by atoms with Gasteiger partial charge in [0.2, 0.25) is 12.4 Å². The quantitative estimate of drug-likeness (QED) is 0.134. The average molecular weight is 601 g/mol. The van der Waals surface area contributed by atoms with Crippen molar-refractivity contribution >= 4 is 23.3 Å². The third-order valence-corrected chi connectivity index (χ3v) is 6.52. The smallest absolute Gasteiger partial charge is 0.338 e. The molecule has 13 nitrogen and oxygen atoms in total. The van der Waals surface area contributed by atoms with Crippen molar-refractivity contribution in [1.82, 2.24) is 0 Å². The number of carbonyl (C=O) groups is 2. The third kappa shape index (κ3) is 7.14. The number of nitro benzene ring substituents is 2. The first-order chi connectivity index (χ1) is 21.3. The summed E-state index contributed by atoms with van der Waals surface area (Å²) in [5.74, 6) is -1.16. The standard InChI is InChI=1S/C31H24N2O11/c34-29(20-7-3-1-4-8-20)43-27-26(41-24-15-11-22(12-16-24)32(36)37)19-40-31(42-25-17-13-23(14-18-25)33(38)39)28(27)44-30(35)21-9-5-2-6-10-21/h1-18,26-28,31H,19H2/t26-,27-,28+,31-/m1/s1. The molecule has 1 aliphatic heterocycles. The normalized spacial score (nSPS) is 19.3. The summed E-state index contributed by atoms with van der Waals surface area (Å²) in [5, 5.41) is 22.2. The molecule has 44 heavy (non-hydrogen) atoms. The fourth-order valence-electron chi connectivity index (χ4n) is 4.35. The predicted molar refractivity (Wildman–Crippen MR) is 152 cm³/mol. The fourth-order valence-corrected chi connectivity index (χ4v) is 4.35. The van der Waals surface area contributed by atoms with Crippen molar-refractivity contribution in [2.45, 2.75) is 24.6 Å². The van der Waals surface area contributed by atoms with Crippen LogP contribution < -0.4 is 9.47 Å². The molecule has 13 heteroatoms. The Bertz CT molecular complexity index is 1490. The Morgan fingerprint density at radius 3 is 1.50 bits per heavy atom. The van der Waals surface area contributed by atoms with Crippen molar-refractivity contribution in [3.63, 3.8) is 0 Å². The second-order valence-corrected chi connectivity index (χ2v) is 9.45. The highest BCUT2D eigenvalue weighted by atomic mass is 16.7. The van der Waals surface area contributed by atoms with Crippen molar-refractivity contribution in [2.75, 3.05) is 6.61 Å². The van der Waals surface area contributed by atoms with Gasteiger partial charge in [-0.05, 0) is 48.5 Å². The van der Waals surface area contributed by atoms with E-state index in [0.717, 1.165) is 0 Å². The van der Waals surface area contributed by atoms with Gasteiger partial charge in [0.05, 0.1) is 27.6 Å². The van der Waals surface area contributed by atoms with E-state index in [-0.39, 0.29) is 40.6 Å². The van der Waals surface area contributed by atoms with Crippen LogP contribution >= 0.6 is 0 Å². The van der Waals surface area contributed by atoms with Crippen LogP contribution in [0.5, 0.6) is 11.5 Å². The zero-order chi connectivity index (χ0) is 31.1. The van der Waals surface area contributed by atoms with E-state index in [4.69, 9.17) is 23.7 Å². The van der Waals surface area contributed by atoms with E-state index < -0.39 is 46.4 Å². The summed E-state index contributed by atoms with van der Waals surface area (Å²) >= 11 is 0. The van der Waals surface area contributed by atoms with Gasteiger partial charge in [0.1, 0.15) is 11.5 Å². The van der Waals surface area contributed by atoms with Crippen LogP contribution in [0.1, 0.15) is 20.7 Å². The van der Waals surface area contributed by atoms with E-state index in [2.05, 4.69) is 0 Å². The van der Waals surface area contributed by atoms with Crippen LogP contribution in [-0.4, -0.2) is 53.0 Å². The number of rotatable bonds is 10. The number of ether oxygens (including phenoxy) is 5. The molecule has 5 rings (SSSR count). The Morgan fingerprint density at radius 1 is 0.614 bits per heavy atom. The van der Waals surface area contributed by atoms with E-state index in [1.54, 1.807) is 48.5 Å². The van der Waals surface area contributed by atoms with Crippen LogP contribution in [0.3, 0.4) is 0 Å². The number of nitro groups is 2. The highest BCUT2D eigenvalue weighted by Gasteiger charge is 2.49. The second kappa shape index (κ2) is 13.4. The van der Waals surface area contributed by atoms with Gasteiger partial charge >= 0.3 is 11.9 Å². The van der Waals surface area contributed by atoms with Crippen molar-refractivity contribution in [3.05, 3.63) is 141 Å². The fraction of sp³-hybridized carbons (Fsp3) is 0.161. The molecular formula is C31H24N2O11. The molecule has 0 bridgehead atoms. The summed E-state index contributed by atoms with van der Waals surface area (Å²) < 4.78 is 29.7. The average Bonchev–Trinajstić information content (AvgIpc) is 3.04. The summed E-state index contributed by atoms with van der Waals surface area (Å²) in [4.78, 5) is 47.6. The van der Waals surface area contributed by atoms with Gasteiger partial charge in [-0.3, -0.25) is 20.2 Å². The largest absolute Gasteiger partial charge is 0.484 e. The van der Waals surface area contributed by atoms with Gasteiger partial charge in [0.15, 0.2) is 12.2 Å². The predicted octanol–water partition coefficient (Wildman–Crippen LogP) is 5.14. The lowest BCUT2D eigenvalue weighted by Crippen LogP contribution is -2.59. The molecule has 1 saturated heterocycles. The Kier molecular flexibility index (Phi) is 9.06. The van der Waals surface area contributed by atoms with Crippen LogP contribution in [0.25, 0.3) is 0 Å². The minimum Gasteiger partial charge on any atom is -0.484 e. The number of hydrogen-bond donors (Lipinski definition) is 0. The van der Waals surface area contributed by atoms with Crippen molar-refractivity contribution in [2.24, 2.45) is 0 Å². The number of nitrogens with zero attached hydrogens (tertiary/aromatic N) is 2. The number of esters is 2. The molecule has 0 spiro atoms. The topological polar surface area (TPSA) is 167 Å². The molecule has 0 amide bonds. The minimum atomic E-state index is -1.40. The lowest BCUT2D eigenvalue weighted by molar-refractivity contribution is -0.385. The SMILES string of the molecule is O=C(O[C@@H]1[C@@H](Oc2ccc([N+](=O)[O-])cc2)OC[C@@H](Oc2ccc([N+](=O)[O-])cc2)[C@H]1OC(=O)c1ccccc1)c1ccccc1. The van der Waals surface area contributed by atoms with E-state index >= 15 is 0 Å². The van der Waals surface area contributed by atoms with Crippen molar-refractivity contribution in [3.8, 4) is 11.5 Å². The van der Waals surface area contributed by atoms with E-state index in [0.29, 0.717) is 0 Å². The van der Waals surface area contributed by atoms with Crippen LogP contribution in [0.2, 0.25) is 0 Å².